The van der Waals surface area contributed by atoms with Crippen LogP contribution in [0.25, 0.3) is 0 Å². The van der Waals surface area contributed by atoms with Crippen molar-refractivity contribution in [3.8, 4) is 11.5 Å². The Balaban J connectivity index is 2.05. The van der Waals surface area contributed by atoms with E-state index < -0.39 is 5.97 Å². The molecule has 1 aliphatic heterocycles. The van der Waals surface area contributed by atoms with E-state index in [-0.39, 0.29) is 18.8 Å². The third kappa shape index (κ3) is 2.75. The highest BCUT2D eigenvalue weighted by molar-refractivity contribution is 5.99. The molecule has 0 spiro atoms. The highest BCUT2D eigenvalue weighted by Crippen LogP contribution is 2.29. The van der Waals surface area contributed by atoms with Crippen LogP contribution in [0.3, 0.4) is 0 Å². The van der Waals surface area contributed by atoms with Gasteiger partial charge in [-0.2, -0.15) is 0 Å². The van der Waals surface area contributed by atoms with Gasteiger partial charge in [0.05, 0.1) is 25.2 Å². The van der Waals surface area contributed by atoms with Crippen molar-refractivity contribution in [2.45, 2.75) is 12.8 Å². The van der Waals surface area contributed by atoms with Crippen molar-refractivity contribution >= 4 is 11.8 Å². The van der Waals surface area contributed by atoms with Crippen LogP contribution in [0, 0.1) is 0 Å². The second-order valence-corrected chi connectivity index (χ2v) is 3.67. The first-order chi connectivity index (χ1) is 8.16. The lowest BCUT2D eigenvalue weighted by Gasteiger charge is -2.17. The van der Waals surface area contributed by atoms with Crippen molar-refractivity contribution in [2.75, 3.05) is 13.2 Å². The second kappa shape index (κ2) is 4.86. The van der Waals surface area contributed by atoms with E-state index in [1.54, 1.807) is 18.2 Å². The fourth-order valence-electron chi connectivity index (χ4n) is 1.59. The maximum atomic E-state index is 11.5. The topological polar surface area (TPSA) is 72.8 Å². The molecule has 2 rings (SSSR count). The minimum Gasteiger partial charge on any atom is -0.493 e. The number of carboxylic acid groups (broad SMARTS) is 1. The molecule has 0 radical (unpaired) electrons. The predicted octanol–water partition coefficient (Wildman–Crippen LogP) is 1.51. The van der Waals surface area contributed by atoms with Crippen molar-refractivity contribution in [2.24, 2.45) is 0 Å². The Kier molecular flexibility index (Phi) is 3.27. The first-order valence-corrected chi connectivity index (χ1v) is 5.31. The van der Waals surface area contributed by atoms with E-state index in [1.165, 1.54) is 0 Å². The number of ether oxygens (including phenoxy) is 2. The molecule has 0 amide bonds. The Morgan fingerprint density at radius 1 is 1.47 bits per heavy atom. The molecule has 0 saturated carbocycles. The highest BCUT2D eigenvalue weighted by atomic mass is 16.5. The van der Waals surface area contributed by atoms with Crippen LogP contribution >= 0.6 is 0 Å². The summed E-state index contributed by atoms with van der Waals surface area (Å²) < 4.78 is 10.6. The van der Waals surface area contributed by atoms with E-state index in [2.05, 4.69) is 0 Å². The summed E-state index contributed by atoms with van der Waals surface area (Å²) >= 11 is 0. The Hall–Kier alpha value is -2.04. The number of hydrogen-bond donors (Lipinski definition) is 1. The summed E-state index contributed by atoms with van der Waals surface area (Å²) in [6.07, 6.45) is 0.336. The van der Waals surface area contributed by atoms with Crippen molar-refractivity contribution in [1.82, 2.24) is 0 Å². The van der Waals surface area contributed by atoms with E-state index in [4.69, 9.17) is 14.6 Å². The van der Waals surface area contributed by atoms with Gasteiger partial charge in [-0.3, -0.25) is 9.59 Å². The van der Waals surface area contributed by atoms with Crippen LogP contribution in [0.2, 0.25) is 0 Å². The molecule has 0 fully saturated rings. The van der Waals surface area contributed by atoms with Crippen LogP contribution in [0.4, 0.5) is 0 Å². The molecule has 0 saturated heterocycles. The maximum absolute atomic E-state index is 11.5. The average Bonchev–Trinajstić information content (AvgIpc) is 2.29. The van der Waals surface area contributed by atoms with Gasteiger partial charge >= 0.3 is 5.97 Å². The quantitative estimate of drug-likeness (QED) is 0.857. The number of fused-ring (bicyclic) bond motifs is 1. The molecule has 0 bridgehead atoms. The van der Waals surface area contributed by atoms with Crippen LogP contribution in [-0.2, 0) is 4.79 Å². The summed E-state index contributed by atoms with van der Waals surface area (Å²) in [4.78, 5) is 21.8. The largest absolute Gasteiger partial charge is 0.493 e. The summed E-state index contributed by atoms with van der Waals surface area (Å²) in [6, 6.07) is 4.91. The zero-order chi connectivity index (χ0) is 12.3. The summed E-state index contributed by atoms with van der Waals surface area (Å²) in [6.45, 7) is 0.479. The second-order valence-electron chi connectivity index (χ2n) is 3.67. The molecule has 0 atom stereocenters. The third-order valence-corrected chi connectivity index (χ3v) is 2.42. The monoisotopic (exact) mass is 236 g/mol. The third-order valence-electron chi connectivity index (χ3n) is 2.42. The van der Waals surface area contributed by atoms with E-state index in [0.717, 1.165) is 0 Å². The molecule has 1 N–H and O–H groups in total. The molecule has 0 aliphatic carbocycles. The maximum Gasteiger partial charge on any atom is 0.306 e. The highest BCUT2D eigenvalue weighted by Gasteiger charge is 2.18. The lowest BCUT2D eigenvalue weighted by molar-refractivity contribution is -0.137. The van der Waals surface area contributed by atoms with Gasteiger partial charge in [0.2, 0.25) is 0 Å². The molecule has 0 aromatic heterocycles. The van der Waals surface area contributed by atoms with Crippen molar-refractivity contribution in [1.29, 1.82) is 0 Å². The van der Waals surface area contributed by atoms with Gasteiger partial charge in [0.15, 0.2) is 5.78 Å². The number of benzene rings is 1. The first-order valence-electron chi connectivity index (χ1n) is 5.31. The van der Waals surface area contributed by atoms with E-state index in [0.29, 0.717) is 30.1 Å². The summed E-state index contributed by atoms with van der Waals surface area (Å²) in [7, 11) is 0. The van der Waals surface area contributed by atoms with Crippen LogP contribution in [-0.4, -0.2) is 30.1 Å². The van der Waals surface area contributed by atoms with Crippen LogP contribution in [0.15, 0.2) is 18.2 Å². The molecule has 5 heteroatoms. The summed E-state index contributed by atoms with van der Waals surface area (Å²) in [5.74, 6) is 0.173. The van der Waals surface area contributed by atoms with Gasteiger partial charge in [-0.25, -0.2) is 0 Å². The number of rotatable bonds is 4. The van der Waals surface area contributed by atoms with Crippen molar-refractivity contribution in [3.63, 3.8) is 0 Å². The SMILES string of the molecule is O=C(O)CCOc1ccc2c(c1)OCCC2=O. The molecule has 1 aliphatic rings. The zero-order valence-electron chi connectivity index (χ0n) is 9.14. The zero-order valence-corrected chi connectivity index (χ0v) is 9.14. The Morgan fingerprint density at radius 2 is 2.29 bits per heavy atom. The number of carbonyl (C=O) groups is 2. The molecule has 1 heterocycles. The lowest BCUT2D eigenvalue weighted by atomic mass is 10.1. The standard InChI is InChI=1S/C12H12O5/c13-10-3-5-17-11-7-8(1-2-9(10)11)16-6-4-12(14)15/h1-2,7H,3-6H2,(H,14,15). The van der Waals surface area contributed by atoms with Gasteiger partial charge in [-0.05, 0) is 12.1 Å². The molecular formula is C12H12O5. The van der Waals surface area contributed by atoms with Gasteiger partial charge in [-0.15, -0.1) is 0 Å². The number of ketones is 1. The van der Waals surface area contributed by atoms with Gasteiger partial charge in [0, 0.05) is 12.5 Å². The number of carbonyl (C=O) groups excluding carboxylic acids is 1. The molecule has 17 heavy (non-hydrogen) atoms. The van der Waals surface area contributed by atoms with Crippen molar-refractivity contribution in [3.05, 3.63) is 23.8 Å². The summed E-state index contributed by atoms with van der Waals surface area (Å²) in [5.41, 5.74) is 0.557. The average molecular weight is 236 g/mol. The minimum atomic E-state index is -0.908. The smallest absolute Gasteiger partial charge is 0.306 e. The molecular weight excluding hydrogens is 224 g/mol. The molecule has 0 unspecified atom stereocenters. The van der Waals surface area contributed by atoms with Crippen LogP contribution in [0.1, 0.15) is 23.2 Å². The molecule has 1 aromatic rings. The number of aliphatic carboxylic acids is 1. The fourth-order valence-corrected chi connectivity index (χ4v) is 1.59. The van der Waals surface area contributed by atoms with Gasteiger partial charge in [0.25, 0.3) is 0 Å². The van der Waals surface area contributed by atoms with Crippen molar-refractivity contribution < 1.29 is 24.2 Å². The lowest BCUT2D eigenvalue weighted by Crippen LogP contribution is -2.15. The van der Waals surface area contributed by atoms with E-state index >= 15 is 0 Å². The first kappa shape index (κ1) is 11.4. The van der Waals surface area contributed by atoms with E-state index in [9.17, 15) is 9.59 Å². The number of Topliss-reactive ketones (excluding diaryl/α,β-unsaturated/α-hetero) is 1. The van der Waals surface area contributed by atoms with Crippen LogP contribution < -0.4 is 9.47 Å². The van der Waals surface area contributed by atoms with Gasteiger partial charge in [-0.1, -0.05) is 0 Å². The minimum absolute atomic E-state index is 0.0586. The Labute approximate surface area is 98.0 Å². The number of carboxylic acids is 1. The van der Waals surface area contributed by atoms with Gasteiger partial charge < -0.3 is 14.6 Å². The fraction of sp³-hybridized carbons (Fsp3) is 0.333. The molecule has 90 valence electrons. The predicted molar refractivity (Wildman–Crippen MR) is 58.6 cm³/mol. The van der Waals surface area contributed by atoms with Gasteiger partial charge in [0.1, 0.15) is 11.5 Å². The summed E-state index contributed by atoms with van der Waals surface area (Å²) in [5, 5.41) is 8.47. The number of hydrogen-bond acceptors (Lipinski definition) is 4. The molecule has 1 aromatic carbocycles. The van der Waals surface area contributed by atoms with Crippen LogP contribution in [0.5, 0.6) is 11.5 Å². The molecule has 5 nitrogen and oxygen atoms in total. The van der Waals surface area contributed by atoms with E-state index in [1.807, 2.05) is 0 Å². The normalized spacial score (nSPS) is 13.8. The Bertz CT molecular complexity index is 452. The Morgan fingerprint density at radius 3 is 3.06 bits per heavy atom.